The molecule has 1 aromatic carbocycles. The predicted molar refractivity (Wildman–Crippen MR) is 74.2 cm³/mol. The van der Waals surface area contributed by atoms with E-state index in [1.54, 1.807) is 0 Å². The standard InChI is InChI=1S/C13H20N2S/c1-10-5-4-7-12(13(10)14)15-9-11-6-2-3-8-16-11/h4-5,7,11,15H,2-3,6,8-9,14H2,1H3. The zero-order chi connectivity index (χ0) is 11.4. The van der Waals surface area contributed by atoms with Crippen LogP contribution in [0, 0.1) is 6.92 Å². The van der Waals surface area contributed by atoms with Gasteiger partial charge in [0.25, 0.3) is 0 Å². The van der Waals surface area contributed by atoms with Crippen molar-refractivity contribution >= 4 is 23.1 Å². The van der Waals surface area contributed by atoms with E-state index >= 15 is 0 Å². The second-order valence-corrected chi connectivity index (χ2v) is 5.81. The molecule has 16 heavy (non-hydrogen) atoms. The molecule has 0 aromatic heterocycles. The molecule has 1 aliphatic rings. The molecule has 0 amide bonds. The highest BCUT2D eigenvalue weighted by Gasteiger charge is 2.13. The molecule has 1 aliphatic heterocycles. The molecule has 1 aromatic rings. The van der Waals surface area contributed by atoms with Crippen LogP contribution >= 0.6 is 11.8 Å². The number of rotatable bonds is 3. The second kappa shape index (κ2) is 5.48. The quantitative estimate of drug-likeness (QED) is 0.791. The first-order chi connectivity index (χ1) is 7.77. The van der Waals surface area contributed by atoms with Crippen molar-refractivity contribution in [1.82, 2.24) is 0 Å². The van der Waals surface area contributed by atoms with Crippen molar-refractivity contribution < 1.29 is 0 Å². The van der Waals surface area contributed by atoms with Crippen molar-refractivity contribution in [3.8, 4) is 0 Å². The molecule has 1 atom stereocenters. The van der Waals surface area contributed by atoms with Gasteiger partial charge in [-0.15, -0.1) is 0 Å². The van der Waals surface area contributed by atoms with Gasteiger partial charge >= 0.3 is 0 Å². The van der Waals surface area contributed by atoms with Gasteiger partial charge in [0.05, 0.1) is 11.4 Å². The van der Waals surface area contributed by atoms with E-state index in [-0.39, 0.29) is 0 Å². The first-order valence-corrected chi connectivity index (χ1v) is 7.03. The summed E-state index contributed by atoms with van der Waals surface area (Å²) in [6.45, 7) is 3.09. The van der Waals surface area contributed by atoms with Gasteiger partial charge in [-0.2, -0.15) is 11.8 Å². The lowest BCUT2D eigenvalue weighted by Gasteiger charge is -2.22. The minimum absolute atomic E-state index is 0.758. The van der Waals surface area contributed by atoms with Crippen LogP contribution in [0.2, 0.25) is 0 Å². The number of nitrogens with one attached hydrogen (secondary N) is 1. The maximum atomic E-state index is 6.03. The average molecular weight is 236 g/mol. The lowest BCUT2D eigenvalue weighted by Crippen LogP contribution is -2.20. The van der Waals surface area contributed by atoms with Crippen LogP contribution < -0.4 is 11.1 Å². The molecule has 0 aliphatic carbocycles. The Bertz CT molecular complexity index is 346. The van der Waals surface area contributed by atoms with E-state index in [1.807, 2.05) is 0 Å². The number of anilines is 2. The minimum atomic E-state index is 0.758. The molecule has 3 heteroatoms. The summed E-state index contributed by atoms with van der Waals surface area (Å²) in [4.78, 5) is 0. The van der Waals surface area contributed by atoms with Crippen LogP contribution in [-0.4, -0.2) is 17.5 Å². The average Bonchev–Trinajstić information content (AvgIpc) is 2.32. The molecule has 1 fully saturated rings. The monoisotopic (exact) mass is 236 g/mol. The highest BCUT2D eigenvalue weighted by atomic mass is 32.2. The van der Waals surface area contributed by atoms with Gasteiger partial charge in [-0.3, -0.25) is 0 Å². The summed E-state index contributed by atoms with van der Waals surface area (Å²) in [7, 11) is 0. The molecule has 0 bridgehead atoms. The van der Waals surface area contributed by atoms with Gasteiger partial charge in [0.2, 0.25) is 0 Å². The van der Waals surface area contributed by atoms with Gasteiger partial charge in [0, 0.05) is 11.8 Å². The minimum Gasteiger partial charge on any atom is -0.397 e. The van der Waals surface area contributed by atoms with Gasteiger partial charge in [-0.1, -0.05) is 18.6 Å². The Hall–Kier alpha value is -0.830. The Labute approximate surface area is 102 Å². The molecule has 2 rings (SSSR count). The van der Waals surface area contributed by atoms with E-state index in [1.165, 1.54) is 25.0 Å². The molecular formula is C13H20N2S. The van der Waals surface area contributed by atoms with Gasteiger partial charge in [0.15, 0.2) is 0 Å². The van der Waals surface area contributed by atoms with Gasteiger partial charge in [-0.05, 0) is 37.1 Å². The molecule has 0 radical (unpaired) electrons. The second-order valence-electron chi connectivity index (χ2n) is 4.41. The zero-order valence-corrected chi connectivity index (χ0v) is 10.6. The highest BCUT2D eigenvalue weighted by molar-refractivity contribution is 7.99. The molecule has 0 saturated carbocycles. The number of para-hydroxylation sites is 1. The van der Waals surface area contributed by atoms with Crippen LogP contribution in [0.25, 0.3) is 0 Å². The Morgan fingerprint density at radius 1 is 1.44 bits per heavy atom. The third kappa shape index (κ3) is 2.85. The van der Waals surface area contributed by atoms with Crippen LogP contribution in [-0.2, 0) is 0 Å². The molecular weight excluding hydrogens is 216 g/mol. The largest absolute Gasteiger partial charge is 0.397 e. The number of benzene rings is 1. The summed E-state index contributed by atoms with van der Waals surface area (Å²) < 4.78 is 0. The van der Waals surface area contributed by atoms with E-state index < -0.39 is 0 Å². The third-order valence-electron chi connectivity index (χ3n) is 3.12. The summed E-state index contributed by atoms with van der Waals surface area (Å²) in [5.41, 5.74) is 9.16. The smallest absolute Gasteiger partial charge is 0.0579 e. The summed E-state index contributed by atoms with van der Waals surface area (Å²) in [6, 6.07) is 6.17. The van der Waals surface area contributed by atoms with Crippen molar-refractivity contribution in [3.63, 3.8) is 0 Å². The van der Waals surface area contributed by atoms with Crippen molar-refractivity contribution in [2.45, 2.75) is 31.4 Å². The number of hydrogen-bond acceptors (Lipinski definition) is 3. The maximum absolute atomic E-state index is 6.03. The maximum Gasteiger partial charge on any atom is 0.0579 e. The topological polar surface area (TPSA) is 38.0 Å². The molecule has 1 unspecified atom stereocenters. The highest BCUT2D eigenvalue weighted by Crippen LogP contribution is 2.27. The van der Waals surface area contributed by atoms with E-state index in [9.17, 15) is 0 Å². The van der Waals surface area contributed by atoms with Crippen LogP contribution in [0.3, 0.4) is 0 Å². The molecule has 1 heterocycles. The Kier molecular flexibility index (Phi) is 3.99. The zero-order valence-electron chi connectivity index (χ0n) is 9.83. The van der Waals surface area contributed by atoms with E-state index in [0.717, 1.165) is 28.7 Å². The summed E-state index contributed by atoms with van der Waals surface area (Å²) in [5.74, 6) is 1.32. The number of aryl methyl sites for hydroxylation is 1. The predicted octanol–water partition coefficient (Wildman–Crippen LogP) is 3.27. The summed E-state index contributed by atoms with van der Waals surface area (Å²) in [6.07, 6.45) is 4.10. The fourth-order valence-electron chi connectivity index (χ4n) is 2.03. The lowest BCUT2D eigenvalue weighted by atomic mass is 10.1. The van der Waals surface area contributed by atoms with Gasteiger partial charge in [-0.25, -0.2) is 0 Å². The number of hydrogen-bond donors (Lipinski definition) is 2. The molecule has 3 N–H and O–H groups in total. The van der Waals surface area contributed by atoms with E-state index in [4.69, 9.17) is 5.73 Å². The summed E-state index contributed by atoms with van der Waals surface area (Å²) in [5, 5.41) is 4.24. The van der Waals surface area contributed by atoms with Crippen LogP contribution in [0.4, 0.5) is 11.4 Å². The first kappa shape index (κ1) is 11.6. The van der Waals surface area contributed by atoms with Crippen molar-refractivity contribution in [2.24, 2.45) is 0 Å². The Balaban J connectivity index is 1.91. The SMILES string of the molecule is Cc1cccc(NCC2CCCCS2)c1N. The number of nitrogens with two attached hydrogens (primary N) is 1. The van der Waals surface area contributed by atoms with Crippen LogP contribution in [0.5, 0.6) is 0 Å². The summed E-state index contributed by atoms with van der Waals surface area (Å²) >= 11 is 2.09. The normalized spacial score (nSPS) is 20.7. The van der Waals surface area contributed by atoms with E-state index in [0.29, 0.717) is 0 Å². The Morgan fingerprint density at radius 3 is 3.06 bits per heavy atom. The van der Waals surface area contributed by atoms with Crippen molar-refractivity contribution in [1.29, 1.82) is 0 Å². The molecule has 88 valence electrons. The molecule has 2 nitrogen and oxygen atoms in total. The van der Waals surface area contributed by atoms with Gasteiger partial charge in [0.1, 0.15) is 0 Å². The van der Waals surface area contributed by atoms with Crippen molar-refractivity contribution in [2.75, 3.05) is 23.3 Å². The lowest BCUT2D eigenvalue weighted by molar-refractivity contribution is 0.677. The van der Waals surface area contributed by atoms with E-state index in [2.05, 4.69) is 42.2 Å². The molecule has 0 spiro atoms. The molecule has 1 saturated heterocycles. The van der Waals surface area contributed by atoms with Crippen LogP contribution in [0.1, 0.15) is 24.8 Å². The fourth-order valence-corrected chi connectivity index (χ4v) is 3.27. The number of thioether (sulfide) groups is 1. The van der Waals surface area contributed by atoms with Crippen molar-refractivity contribution in [3.05, 3.63) is 23.8 Å². The Morgan fingerprint density at radius 2 is 2.31 bits per heavy atom. The van der Waals surface area contributed by atoms with Gasteiger partial charge < -0.3 is 11.1 Å². The first-order valence-electron chi connectivity index (χ1n) is 5.98. The number of nitrogen functional groups attached to an aromatic ring is 1. The fraction of sp³-hybridized carbons (Fsp3) is 0.538. The third-order valence-corrected chi connectivity index (χ3v) is 4.52. The van der Waals surface area contributed by atoms with Crippen LogP contribution in [0.15, 0.2) is 18.2 Å².